The fourth-order valence-electron chi connectivity index (χ4n) is 1.94. The molecule has 0 spiro atoms. The molecule has 0 bridgehead atoms. The molecule has 0 aromatic heterocycles. The van der Waals surface area contributed by atoms with Crippen LogP contribution in [0, 0.1) is 0 Å². The SMILES string of the molecule is CC1CCCN1[SiH](C)C(C)[SiH3]. The first kappa shape index (κ1) is 9.48. The molecule has 1 aliphatic rings. The van der Waals surface area contributed by atoms with Gasteiger partial charge in [0.05, 0.1) is 0 Å². The van der Waals surface area contributed by atoms with E-state index in [1.165, 1.54) is 29.6 Å². The minimum atomic E-state index is -0.491. The highest BCUT2D eigenvalue weighted by Gasteiger charge is 2.26. The second kappa shape index (κ2) is 3.87. The fraction of sp³-hybridized carbons (Fsp3) is 1.00. The Balaban J connectivity index is 2.45. The van der Waals surface area contributed by atoms with Crippen LogP contribution in [0.15, 0.2) is 0 Å². The van der Waals surface area contributed by atoms with Gasteiger partial charge in [-0.15, -0.1) is 0 Å². The highest BCUT2D eigenvalue weighted by atomic mass is 28.3. The van der Waals surface area contributed by atoms with Crippen LogP contribution in [0.4, 0.5) is 0 Å². The maximum Gasteiger partial charge on any atom is 0.108 e. The molecule has 3 atom stereocenters. The second-order valence-electron chi connectivity index (χ2n) is 4.21. The largest absolute Gasteiger partial charge is 0.324 e. The molecule has 0 aromatic rings. The van der Waals surface area contributed by atoms with Crippen LogP contribution in [-0.4, -0.2) is 36.4 Å². The third kappa shape index (κ3) is 2.16. The van der Waals surface area contributed by atoms with Crippen LogP contribution in [0.3, 0.4) is 0 Å². The van der Waals surface area contributed by atoms with Crippen LogP contribution >= 0.6 is 0 Å². The highest BCUT2D eigenvalue weighted by molar-refractivity contribution is 6.64. The van der Waals surface area contributed by atoms with Gasteiger partial charge in [-0.1, -0.05) is 25.6 Å². The predicted octanol–water partition coefficient (Wildman–Crippen LogP) is 0.537. The molecule has 0 saturated carbocycles. The van der Waals surface area contributed by atoms with Crippen molar-refractivity contribution in [1.82, 2.24) is 4.57 Å². The Morgan fingerprint density at radius 1 is 1.64 bits per heavy atom. The lowest BCUT2D eigenvalue weighted by molar-refractivity contribution is 0.426. The van der Waals surface area contributed by atoms with E-state index >= 15 is 0 Å². The number of rotatable bonds is 2. The van der Waals surface area contributed by atoms with Gasteiger partial charge in [-0.25, -0.2) is 0 Å². The standard InChI is InChI=1S/C8H21NSi2/c1-7-5-4-6-9(7)11(3)8(2)10/h7-8,11H,4-6H2,1-3,10H3. The maximum absolute atomic E-state index is 2.82. The molecule has 1 heterocycles. The molecule has 3 heteroatoms. The summed E-state index contributed by atoms with van der Waals surface area (Å²) in [5, 5.41) is 1.08. The van der Waals surface area contributed by atoms with Crippen molar-refractivity contribution in [2.24, 2.45) is 0 Å². The molecule has 1 aliphatic heterocycles. The van der Waals surface area contributed by atoms with Crippen LogP contribution in [0.25, 0.3) is 0 Å². The summed E-state index contributed by atoms with van der Waals surface area (Å²) < 4.78 is 2.82. The summed E-state index contributed by atoms with van der Waals surface area (Å²) in [6, 6.07) is 0.910. The van der Waals surface area contributed by atoms with E-state index in [1.54, 1.807) is 0 Å². The van der Waals surface area contributed by atoms with E-state index in [1.807, 2.05) is 0 Å². The molecule has 66 valence electrons. The zero-order chi connectivity index (χ0) is 8.43. The summed E-state index contributed by atoms with van der Waals surface area (Å²) in [5.74, 6) is 0. The second-order valence-corrected chi connectivity index (χ2v) is 10.8. The Hall–Kier alpha value is 0.394. The quantitative estimate of drug-likeness (QED) is 0.570. The van der Waals surface area contributed by atoms with Gasteiger partial charge in [-0.3, -0.25) is 0 Å². The Kier molecular flexibility index (Phi) is 3.34. The monoisotopic (exact) mass is 187 g/mol. The Bertz CT molecular complexity index is 127. The van der Waals surface area contributed by atoms with Gasteiger partial charge in [-0.2, -0.15) is 0 Å². The van der Waals surface area contributed by atoms with E-state index in [0.29, 0.717) is 0 Å². The van der Waals surface area contributed by atoms with Crippen molar-refractivity contribution >= 4 is 19.2 Å². The molecule has 0 aromatic carbocycles. The molecule has 1 fully saturated rings. The molecule has 1 saturated heterocycles. The first-order valence-corrected chi connectivity index (χ1v) is 8.38. The van der Waals surface area contributed by atoms with Gasteiger partial charge in [0.25, 0.3) is 0 Å². The Morgan fingerprint density at radius 3 is 2.64 bits per heavy atom. The average molecular weight is 187 g/mol. The molecular weight excluding hydrogens is 166 g/mol. The molecule has 0 N–H and O–H groups in total. The Labute approximate surface area is 75.3 Å². The molecule has 0 radical (unpaired) electrons. The lowest BCUT2D eigenvalue weighted by Gasteiger charge is -2.30. The van der Waals surface area contributed by atoms with Gasteiger partial charge >= 0.3 is 0 Å². The molecule has 1 rings (SSSR count). The number of hydrogen-bond donors (Lipinski definition) is 0. The minimum absolute atomic E-state index is 0.491. The van der Waals surface area contributed by atoms with Crippen LogP contribution in [0.5, 0.6) is 0 Å². The van der Waals surface area contributed by atoms with Gasteiger partial charge in [0.2, 0.25) is 0 Å². The van der Waals surface area contributed by atoms with Crippen molar-refractivity contribution in [3.05, 3.63) is 0 Å². The first-order valence-electron chi connectivity index (χ1n) is 4.88. The average Bonchev–Trinajstić information content (AvgIpc) is 2.33. The van der Waals surface area contributed by atoms with Crippen molar-refractivity contribution in [2.45, 2.75) is 44.4 Å². The van der Waals surface area contributed by atoms with Crippen LogP contribution in [-0.2, 0) is 0 Å². The predicted molar refractivity (Wildman–Crippen MR) is 57.8 cm³/mol. The number of nitrogens with zero attached hydrogens (tertiary/aromatic N) is 1. The van der Waals surface area contributed by atoms with Crippen LogP contribution < -0.4 is 0 Å². The normalized spacial score (nSPS) is 32.5. The molecule has 0 aliphatic carbocycles. The fourth-order valence-corrected chi connectivity index (χ4v) is 5.40. The lowest BCUT2D eigenvalue weighted by Crippen LogP contribution is -2.41. The van der Waals surface area contributed by atoms with Gasteiger partial charge in [0, 0.05) is 16.3 Å². The zero-order valence-corrected chi connectivity index (χ0v) is 11.5. The van der Waals surface area contributed by atoms with Crippen molar-refractivity contribution < 1.29 is 0 Å². The van der Waals surface area contributed by atoms with E-state index in [2.05, 4.69) is 25.0 Å². The molecular formula is C8H21NSi2. The zero-order valence-electron chi connectivity index (χ0n) is 8.30. The van der Waals surface area contributed by atoms with E-state index in [4.69, 9.17) is 0 Å². The van der Waals surface area contributed by atoms with Crippen molar-refractivity contribution in [3.63, 3.8) is 0 Å². The third-order valence-corrected chi connectivity index (χ3v) is 9.73. The lowest BCUT2D eigenvalue weighted by atomic mass is 10.3. The molecule has 3 unspecified atom stereocenters. The van der Waals surface area contributed by atoms with E-state index in [-0.39, 0.29) is 0 Å². The third-order valence-electron chi connectivity index (χ3n) is 3.09. The van der Waals surface area contributed by atoms with Gasteiger partial charge in [0.1, 0.15) is 8.96 Å². The summed E-state index contributed by atoms with van der Waals surface area (Å²) in [7, 11) is 0.908. The van der Waals surface area contributed by atoms with Crippen LogP contribution in [0.1, 0.15) is 26.7 Å². The van der Waals surface area contributed by atoms with Crippen LogP contribution in [0.2, 0.25) is 11.7 Å². The van der Waals surface area contributed by atoms with Crippen molar-refractivity contribution in [2.75, 3.05) is 6.54 Å². The van der Waals surface area contributed by atoms with E-state index in [0.717, 1.165) is 11.2 Å². The van der Waals surface area contributed by atoms with Gasteiger partial charge < -0.3 is 4.57 Å². The van der Waals surface area contributed by atoms with E-state index < -0.39 is 8.96 Å². The number of hydrogen-bond acceptors (Lipinski definition) is 1. The highest BCUT2D eigenvalue weighted by Crippen LogP contribution is 2.21. The minimum Gasteiger partial charge on any atom is -0.324 e. The Morgan fingerprint density at radius 2 is 2.27 bits per heavy atom. The molecule has 11 heavy (non-hydrogen) atoms. The summed E-state index contributed by atoms with van der Waals surface area (Å²) >= 11 is 0. The summed E-state index contributed by atoms with van der Waals surface area (Å²) in [5.41, 5.74) is 0. The smallest absolute Gasteiger partial charge is 0.108 e. The molecule has 1 nitrogen and oxygen atoms in total. The molecule has 0 amide bonds. The van der Waals surface area contributed by atoms with Gasteiger partial charge in [-0.05, 0) is 19.4 Å². The van der Waals surface area contributed by atoms with Gasteiger partial charge in [0.15, 0.2) is 0 Å². The summed E-state index contributed by atoms with van der Waals surface area (Å²) in [6.07, 6.45) is 2.90. The summed E-state index contributed by atoms with van der Waals surface area (Å²) in [4.78, 5) is 0. The van der Waals surface area contributed by atoms with Crippen molar-refractivity contribution in [3.8, 4) is 0 Å². The topological polar surface area (TPSA) is 3.24 Å². The van der Waals surface area contributed by atoms with E-state index in [9.17, 15) is 0 Å². The summed E-state index contributed by atoms with van der Waals surface area (Å²) in [6.45, 7) is 8.77. The van der Waals surface area contributed by atoms with Crippen molar-refractivity contribution in [1.29, 1.82) is 0 Å². The maximum atomic E-state index is 2.82. The first-order chi connectivity index (χ1) is 5.13.